The van der Waals surface area contributed by atoms with Gasteiger partial charge < -0.3 is 14.4 Å². The number of nitrogens with zero attached hydrogens (tertiary/aromatic N) is 3. The molecule has 1 amide bonds. The molecule has 0 spiro atoms. The molecular formula is C22H25N3O4S. The number of hydrogen-bond acceptors (Lipinski definition) is 6. The Labute approximate surface area is 179 Å². The van der Waals surface area contributed by atoms with Gasteiger partial charge in [-0.05, 0) is 36.8 Å². The SMILES string of the molecule is CCN(Cc1ccc(OC)c(OC)c1)C(=O)CSc1nc2ccccc2c(=O)n1C. The van der Waals surface area contributed by atoms with Gasteiger partial charge in [0.2, 0.25) is 5.91 Å². The molecule has 0 saturated heterocycles. The third-order valence-electron chi connectivity index (χ3n) is 4.82. The lowest BCUT2D eigenvalue weighted by Crippen LogP contribution is -2.32. The summed E-state index contributed by atoms with van der Waals surface area (Å²) in [5, 5.41) is 1.09. The smallest absolute Gasteiger partial charge is 0.261 e. The predicted octanol–water partition coefficient (Wildman–Crippen LogP) is 3.09. The zero-order valence-corrected chi connectivity index (χ0v) is 18.4. The van der Waals surface area contributed by atoms with Gasteiger partial charge in [-0.3, -0.25) is 14.2 Å². The van der Waals surface area contributed by atoms with Crippen LogP contribution in [-0.4, -0.2) is 46.9 Å². The van der Waals surface area contributed by atoms with E-state index in [1.807, 2.05) is 37.3 Å². The summed E-state index contributed by atoms with van der Waals surface area (Å²) in [4.78, 5) is 31.7. The van der Waals surface area contributed by atoms with Gasteiger partial charge in [-0.25, -0.2) is 4.98 Å². The Hall–Kier alpha value is -3.00. The number of benzene rings is 2. The minimum Gasteiger partial charge on any atom is -0.493 e. The standard InChI is InChI=1S/C22H25N3O4S/c1-5-25(13-15-10-11-18(28-3)19(12-15)29-4)20(26)14-30-22-23-17-9-7-6-8-16(17)21(27)24(22)2/h6-12H,5,13-14H2,1-4H3. The average Bonchev–Trinajstić information content (AvgIpc) is 2.78. The number of methoxy groups -OCH3 is 2. The quantitative estimate of drug-likeness (QED) is 0.406. The Morgan fingerprint density at radius 1 is 1.13 bits per heavy atom. The van der Waals surface area contributed by atoms with Crippen molar-refractivity contribution in [3.63, 3.8) is 0 Å². The molecule has 1 heterocycles. The van der Waals surface area contributed by atoms with Crippen molar-refractivity contribution >= 4 is 28.6 Å². The molecular weight excluding hydrogens is 402 g/mol. The zero-order chi connectivity index (χ0) is 21.7. The molecule has 0 fully saturated rings. The fourth-order valence-corrected chi connectivity index (χ4v) is 3.99. The molecule has 30 heavy (non-hydrogen) atoms. The van der Waals surface area contributed by atoms with Gasteiger partial charge in [-0.1, -0.05) is 30.0 Å². The second kappa shape index (κ2) is 9.67. The van der Waals surface area contributed by atoms with Gasteiger partial charge in [0.15, 0.2) is 16.7 Å². The molecule has 2 aromatic carbocycles. The van der Waals surface area contributed by atoms with E-state index in [1.54, 1.807) is 38.3 Å². The van der Waals surface area contributed by atoms with E-state index in [-0.39, 0.29) is 17.2 Å². The van der Waals surface area contributed by atoms with Gasteiger partial charge in [-0.2, -0.15) is 0 Å². The molecule has 1 aromatic heterocycles. The first-order chi connectivity index (χ1) is 14.5. The maximum absolute atomic E-state index is 12.8. The van der Waals surface area contributed by atoms with Crippen LogP contribution in [0.3, 0.4) is 0 Å². The molecule has 0 aliphatic carbocycles. The number of carbonyl (C=O) groups excluding carboxylic acids is 1. The number of amides is 1. The molecule has 158 valence electrons. The van der Waals surface area contributed by atoms with Crippen molar-refractivity contribution in [2.24, 2.45) is 7.05 Å². The van der Waals surface area contributed by atoms with Crippen LogP contribution in [-0.2, 0) is 18.4 Å². The van der Waals surface area contributed by atoms with Crippen LogP contribution in [0, 0.1) is 0 Å². The molecule has 0 N–H and O–H groups in total. The average molecular weight is 428 g/mol. The van der Waals surface area contributed by atoms with E-state index in [4.69, 9.17) is 9.47 Å². The summed E-state index contributed by atoms with van der Waals surface area (Å²) in [5.41, 5.74) is 1.46. The lowest BCUT2D eigenvalue weighted by Gasteiger charge is -2.21. The van der Waals surface area contributed by atoms with E-state index in [9.17, 15) is 9.59 Å². The first kappa shape index (κ1) is 21.7. The van der Waals surface area contributed by atoms with E-state index < -0.39 is 0 Å². The van der Waals surface area contributed by atoms with Crippen LogP contribution in [0.1, 0.15) is 12.5 Å². The monoisotopic (exact) mass is 427 g/mol. The van der Waals surface area contributed by atoms with E-state index >= 15 is 0 Å². The Kier molecular flexibility index (Phi) is 6.99. The fraction of sp³-hybridized carbons (Fsp3) is 0.318. The topological polar surface area (TPSA) is 73.7 Å². The summed E-state index contributed by atoms with van der Waals surface area (Å²) in [5.74, 6) is 1.44. The Bertz CT molecular complexity index is 1110. The molecule has 3 rings (SSSR count). The molecule has 0 bridgehead atoms. The summed E-state index contributed by atoms with van der Waals surface area (Å²) < 4.78 is 12.1. The van der Waals surface area contributed by atoms with E-state index in [0.29, 0.717) is 40.6 Å². The van der Waals surface area contributed by atoms with Crippen LogP contribution in [0.5, 0.6) is 11.5 Å². The maximum Gasteiger partial charge on any atom is 0.261 e. The van der Waals surface area contributed by atoms with Crippen molar-refractivity contribution < 1.29 is 14.3 Å². The summed E-state index contributed by atoms with van der Waals surface area (Å²) in [6, 6.07) is 12.8. The minimum absolute atomic E-state index is 0.0281. The number of ether oxygens (including phenoxy) is 2. The van der Waals surface area contributed by atoms with Crippen molar-refractivity contribution in [2.45, 2.75) is 18.6 Å². The third-order valence-corrected chi connectivity index (χ3v) is 5.84. The Morgan fingerprint density at radius 3 is 2.57 bits per heavy atom. The number of fused-ring (bicyclic) bond motifs is 1. The lowest BCUT2D eigenvalue weighted by molar-refractivity contribution is -0.128. The highest BCUT2D eigenvalue weighted by molar-refractivity contribution is 7.99. The number of thioether (sulfide) groups is 1. The van der Waals surface area contributed by atoms with Crippen LogP contribution >= 0.6 is 11.8 Å². The normalized spacial score (nSPS) is 10.8. The molecule has 0 saturated carbocycles. The second-order valence-corrected chi connectivity index (χ2v) is 7.60. The summed E-state index contributed by atoms with van der Waals surface area (Å²) in [6.45, 7) is 2.96. The van der Waals surface area contributed by atoms with Gasteiger partial charge in [-0.15, -0.1) is 0 Å². The van der Waals surface area contributed by atoms with Gasteiger partial charge in [0.05, 0.1) is 30.9 Å². The third kappa shape index (κ3) is 4.59. The molecule has 7 nitrogen and oxygen atoms in total. The van der Waals surface area contributed by atoms with E-state index in [1.165, 1.54) is 16.3 Å². The zero-order valence-electron chi connectivity index (χ0n) is 17.5. The number of carbonyl (C=O) groups is 1. The molecule has 3 aromatic rings. The predicted molar refractivity (Wildman–Crippen MR) is 118 cm³/mol. The highest BCUT2D eigenvalue weighted by Crippen LogP contribution is 2.28. The molecule has 0 radical (unpaired) electrons. The fourth-order valence-electron chi connectivity index (χ4n) is 3.12. The van der Waals surface area contributed by atoms with Gasteiger partial charge in [0.25, 0.3) is 5.56 Å². The number of rotatable bonds is 8. The van der Waals surface area contributed by atoms with Crippen LogP contribution in [0.25, 0.3) is 10.9 Å². The van der Waals surface area contributed by atoms with Gasteiger partial charge in [0.1, 0.15) is 0 Å². The molecule has 0 aliphatic heterocycles. The van der Waals surface area contributed by atoms with Crippen molar-refractivity contribution in [1.29, 1.82) is 0 Å². The van der Waals surface area contributed by atoms with Crippen molar-refractivity contribution in [2.75, 3.05) is 26.5 Å². The van der Waals surface area contributed by atoms with Crippen molar-refractivity contribution in [3.05, 3.63) is 58.4 Å². The number of para-hydroxylation sites is 1. The first-order valence-corrected chi connectivity index (χ1v) is 10.5. The van der Waals surface area contributed by atoms with Crippen LogP contribution in [0.4, 0.5) is 0 Å². The molecule has 0 atom stereocenters. The minimum atomic E-state index is -0.117. The number of hydrogen-bond donors (Lipinski definition) is 0. The van der Waals surface area contributed by atoms with Gasteiger partial charge in [0, 0.05) is 20.1 Å². The van der Waals surface area contributed by atoms with Crippen molar-refractivity contribution in [1.82, 2.24) is 14.5 Å². The highest BCUT2D eigenvalue weighted by Gasteiger charge is 2.16. The van der Waals surface area contributed by atoms with Crippen LogP contribution < -0.4 is 15.0 Å². The molecule has 0 unspecified atom stereocenters. The Morgan fingerprint density at radius 2 is 1.87 bits per heavy atom. The summed E-state index contributed by atoms with van der Waals surface area (Å²) >= 11 is 1.27. The summed E-state index contributed by atoms with van der Waals surface area (Å²) in [7, 11) is 4.85. The van der Waals surface area contributed by atoms with E-state index in [0.717, 1.165) is 5.56 Å². The second-order valence-electron chi connectivity index (χ2n) is 6.66. The molecule has 8 heteroatoms. The largest absolute Gasteiger partial charge is 0.493 e. The first-order valence-electron chi connectivity index (χ1n) is 9.55. The lowest BCUT2D eigenvalue weighted by atomic mass is 10.2. The van der Waals surface area contributed by atoms with Crippen LogP contribution in [0.15, 0.2) is 52.4 Å². The maximum atomic E-state index is 12.8. The van der Waals surface area contributed by atoms with E-state index in [2.05, 4.69) is 4.98 Å². The van der Waals surface area contributed by atoms with Crippen molar-refractivity contribution in [3.8, 4) is 11.5 Å². The van der Waals surface area contributed by atoms with Crippen LogP contribution in [0.2, 0.25) is 0 Å². The molecule has 0 aliphatic rings. The van der Waals surface area contributed by atoms with Gasteiger partial charge >= 0.3 is 0 Å². The highest BCUT2D eigenvalue weighted by atomic mass is 32.2. The number of aromatic nitrogens is 2. The summed E-state index contributed by atoms with van der Waals surface area (Å²) in [6.07, 6.45) is 0. The Balaban J connectivity index is 1.72.